The first kappa shape index (κ1) is 26.1. The van der Waals surface area contributed by atoms with Crippen LogP contribution in [-0.4, -0.2) is 71.8 Å². The minimum atomic E-state index is -1.30. The molecule has 0 spiro atoms. The van der Waals surface area contributed by atoms with Crippen LogP contribution < -0.4 is 10.6 Å². The largest absolute Gasteiger partial charge is 0.468 e. The highest BCUT2D eigenvalue weighted by molar-refractivity contribution is 5.93. The lowest BCUT2D eigenvalue weighted by atomic mass is 10.0. The van der Waals surface area contributed by atoms with Gasteiger partial charge in [-0.05, 0) is 46.1 Å². The number of amides is 3. The number of carbonyl (C=O) groups is 4. The molecule has 3 amide bonds. The minimum Gasteiger partial charge on any atom is -0.468 e. The number of aliphatic hydroxyl groups excluding tert-OH is 1. The molecule has 1 aliphatic carbocycles. The highest BCUT2D eigenvalue weighted by Gasteiger charge is 2.44. The van der Waals surface area contributed by atoms with Crippen molar-refractivity contribution in [2.75, 3.05) is 20.3 Å². The van der Waals surface area contributed by atoms with Gasteiger partial charge in [-0.25, -0.2) is 4.79 Å². The number of aliphatic hydroxyl groups is 1. The van der Waals surface area contributed by atoms with E-state index in [9.17, 15) is 24.3 Å². The Balaban J connectivity index is 2.34. The molecule has 10 nitrogen and oxygen atoms in total. The molecule has 2 unspecified atom stereocenters. The Morgan fingerprint density at radius 1 is 1.15 bits per heavy atom. The van der Waals surface area contributed by atoms with Gasteiger partial charge < -0.3 is 30.1 Å². The molecule has 182 valence electrons. The van der Waals surface area contributed by atoms with Crippen molar-refractivity contribution >= 4 is 23.9 Å². The molecule has 1 aliphatic rings. The first-order chi connectivity index (χ1) is 15.5. The molecule has 33 heavy (non-hydrogen) atoms. The molecule has 0 aromatic heterocycles. The number of alkyl carbamates (subject to hydrolysis) is 1. The van der Waals surface area contributed by atoms with Crippen LogP contribution in [0.4, 0.5) is 4.79 Å². The van der Waals surface area contributed by atoms with Gasteiger partial charge in [0, 0.05) is 6.04 Å². The number of aryl methyl sites for hydroxylation is 1. The first-order valence-electron chi connectivity index (χ1n) is 10.8. The number of nitrogens with one attached hydrogen (secondary N) is 2. The van der Waals surface area contributed by atoms with Gasteiger partial charge in [0.15, 0.2) is 0 Å². The molecule has 0 radical (unpaired) electrons. The van der Waals surface area contributed by atoms with E-state index in [0.717, 1.165) is 5.56 Å². The summed E-state index contributed by atoms with van der Waals surface area (Å²) >= 11 is 0. The van der Waals surface area contributed by atoms with E-state index in [-0.39, 0.29) is 12.6 Å². The van der Waals surface area contributed by atoms with Crippen LogP contribution in [0.15, 0.2) is 24.3 Å². The van der Waals surface area contributed by atoms with Crippen molar-refractivity contribution in [1.82, 2.24) is 15.5 Å². The third-order valence-corrected chi connectivity index (χ3v) is 4.92. The summed E-state index contributed by atoms with van der Waals surface area (Å²) < 4.78 is 9.78. The zero-order chi connectivity index (χ0) is 24.8. The number of rotatable bonds is 9. The normalized spacial score (nSPS) is 15.1. The van der Waals surface area contributed by atoms with Crippen LogP contribution in [0.1, 0.15) is 50.8 Å². The zero-order valence-corrected chi connectivity index (χ0v) is 19.7. The fourth-order valence-electron chi connectivity index (χ4n) is 3.20. The van der Waals surface area contributed by atoms with Gasteiger partial charge in [-0.15, -0.1) is 0 Å². The number of hydrogen-bond acceptors (Lipinski definition) is 7. The predicted molar refractivity (Wildman–Crippen MR) is 119 cm³/mol. The summed E-state index contributed by atoms with van der Waals surface area (Å²) in [6.07, 6.45) is 0.485. The highest BCUT2D eigenvalue weighted by Crippen LogP contribution is 2.35. The zero-order valence-electron chi connectivity index (χ0n) is 19.7. The summed E-state index contributed by atoms with van der Waals surface area (Å²) in [5, 5.41) is 14.8. The summed E-state index contributed by atoms with van der Waals surface area (Å²) in [5.41, 5.74) is 0.718. The number of esters is 1. The molecule has 3 N–H and O–H groups in total. The second kappa shape index (κ2) is 11.1. The molecule has 0 aliphatic heterocycles. The Hall–Kier alpha value is -3.14. The second-order valence-corrected chi connectivity index (χ2v) is 8.97. The van der Waals surface area contributed by atoms with Crippen LogP contribution in [0.25, 0.3) is 0 Å². The Labute approximate surface area is 193 Å². The summed E-state index contributed by atoms with van der Waals surface area (Å²) in [6, 6.07) is 4.47. The van der Waals surface area contributed by atoms with Crippen LogP contribution >= 0.6 is 0 Å². The number of benzene rings is 1. The Bertz CT molecular complexity index is 860. The molecule has 2 rings (SSSR count). The first-order valence-corrected chi connectivity index (χ1v) is 10.8. The van der Waals surface area contributed by atoms with E-state index in [1.54, 1.807) is 32.9 Å². The molecule has 10 heteroatoms. The number of methoxy groups -OCH3 is 1. The van der Waals surface area contributed by atoms with Gasteiger partial charge in [0.1, 0.15) is 24.2 Å². The summed E-state index contributed by atoms with van der Waals surface area (Å²) in [5.74, 6) is -1.82. The van der Waals surface area contributed by atoms with Crippen LogP contribution in [0.2, 0.25) is 0 Å². The van der Waals surface area contributed by atoms with Crippen LogP contribution in [0, 0.1) is 6.92 Å². The van der Waals surface area contributed by atoms with E-state index in [2.05, 4.69) is 15.4 Å². The molecule has 1 aromatic carbocycles. The van der Waals surface area contributed by atoms with Gasteiger partial charge in [-0.1, -0.05) is 29.8 Å². The van der Waals surface area contributed by atoms with Crippen LogP contribution in [-0.2, 0) is 23.9 Å². The fraction of sp³-hybridized carbons (Fsp3) is 0.565. The van der Waals surface area contributed by atoms with E-state index in [1.165, 1.54) is 12.0 Å². The van der Waals surface area contributed by atoms with Crippen molar-refractivity contribution in [2.45, 2.75) is 64.3 Å². The smallest absolute Gasteiger partial charge is 0.408 e. The van der Waals surface area contributed by atoms with Crippen LogP contribution in [0.5, 0.6) is 0 Å². The summed E-state index contributed by atoms with van der Waals surface area (Å²) in [7, 11) is 1.21. The van der Waals surface area contributed by atoms with Crippen molar-refractivity contribution in [1.29, 1.82) is 0 Å². The second-order valence-electron chi connectivity index (χ2n) is 8.97. The van der Waals surface area contributed by atoms with Gasteiger partial charge in [-0.3, -0.25) is 14.4 Å². The maximum Gasteiger partial charge on any atom is 0.408 e. The minimum absolute atomic E-state index is 0.248. The van der Waals surface area contributed by atoms with Crippen molar-refractivity contribution in [2.24, 2.45) is 0 Å². The van der Waals surface area contributed by atoms with Gasteiger partial charge in [0.2, 0.25) is 11.8 Å². The molecule has 1 aromatic rings. The van der Waals surface area contributed by atoms with Crippen LogP contribution in [0.3, 0.4) is 0 Å². The lowest BCUT2D eigenvalue weighted by Crippen LogP contribution is -2.55. The van der Waals surface area contributed by atoms with Crippen molar-refractivity contribution in [3.8, 4) is 0 Å². The quantitative estimate of drug-likeness (QED) is 0.469. The summed E-state index contributed by atoms with van der Waals surface area (Å²) in [6.45, 7) is 5.90. The molecule has 1 fully saturated rings. The number of hydrogen-bond donors (Lipinski definition) is 3. The van der Waals surface area contributed by atoms with Gasteiger partial charge >= 0.3 is 12.1 Å². The lowest BCUT2D eigenvalue weighted by molar-refractivity contribution is -0.145. The monoisotopic (exact) mass is 463 g/mol. The van der Waals surface area contributed by atoms with Gasteiger partial charge in [-0.2, -0.15) is 0 Å². The Morgan fingerprint density at radius 3 is 2.24 bits per heavy atom. The third-order valence-electron chi connectivity index (χ3n) is 4.92. The summed E-state index contributed by atoms with van der Waals surface area (Å²) in [4.78, 5) is 51.8. The predicted octanol–water partition coefficient (Wildman–Crippen LogP) is 1.20. The SMILES string of the molecule is COC(=O)CNC(=O)C(c1ccc(C)cc1)N(C(=O)C(CO)NC(=O)OC(C)(C)C)C1CC1. The average Bonchev–Trinajstić information content (AvgIpc) is 3.58. The lowest BCUT2D eigenvalue weighted by Gasteiger charge is -2.34. The molecule has 1 saturated carbocycles. The van der Waals surface area contributed by atoms with Gasteiger partial charge in [0.25, 0.3) is 0 Å². The molecule has 0 heterocycles. The van der Waals surface area contributed by atoms with Crippen molar-refractivity contribution in [3.05, 3.63) is 35.4 Å². The fourth-order valence-corrected chi connectivity index (χ4v) is 3.20. The molecule has 0 saturated heterocycles. The standard InChI is InChI=1S/C23H33N3O7/c1-14-6-8-15(9-7-14)19(20(29)24-12-18(28)32-5)26(16-10-11-16)21(30)17(13-27)25-22(31)33-23(2,3)4/h6-9,16-17,19,27H,10-13H2,1-5H3,(H,24,29)(H,25,31). The average molecular weight is 464 g/mol. The highest BCUT2D eigenvalue weighted by atomic mass is 16.6. The Kier molecular flexibility index (Phi) is 8.81. The third kappa shape index (κ3) is 7.74. The van der Waals surface area contributed by atoms with E-state index in [0.29, 0.717) is 18.4 Å². The van der Waals surface area contributed by atoms with E-state index < -0.39 is 48.2 Å². The molecular weight excluding hydrogens is 430 g/mol. The number of carbonyl (C=O) groups excluding carboxylic acids is 4. The van der Waals surface area contributed by atoms with Crippen molar-refractivity contribution < 1.29 is 33.8 Å². The topological polar surface area (TPSA) is 134 Å². The van der Waals surface area contributed by atoms with E-state index in [1.807, 2.05) is 19.1 Å². The molecule has 2 atom stereocenters. The maximum atomic E-state index is 13.5. The van der Waals surface area contributed by atoms with Crippen molar-refractivity contribution in [3.63, 3.8) is 0 Å². The number of nitrogens with zero attached hydrogens (tertiary/aromatic N) is 1. The van der Waals surface area contributed by atoms with E-state index in [4.69, 9.17) is 4.74 Å². The maximum absolute atomic E-state index is 13.5. The number of ether oxygens (including phenoxy) is 2. The Morgan fingerprint density at radius 2 is 1.76 bits per heavy atom. The van der Waals surface area contributed by atoms with Gasteiger partial charge in [0.05, 0.1) is 13.7 Å². The van der Waals surface area contributed by atoms with E-state index >= 15 is 0 Å². The molecule has 0 bridgehead atoms. The molecular formula is C23H33N3O7.